The van der Waals surface area contributed by atoms with Crippen LogP contribution in [0, 0.1) is 0 Å². The summed E-state index contributed by atoms with van der Waals surface area (Å²) in [6.45, 7) is 0.635. The van der Waals surface area contributed by atoms with Crippen molar-refractivity contribution in [2.24, 2.45) is 0 Å². The average Bonchev–Trinajstić information content (AvgIpc) is 2.85. The van der Waals surface area contributed by atoms with Gasteiger partial charge in [0.15, 0.2) is 0 Å². The van der Waals surface area contributed by atoms with E-state index >= 15 is 0 Å². The second-order valence-electron chi connectivity index (χ2n) is 4.76. The first-order valence-electron chi connectivity index (χ1n) is 6.70. The van der Waals surface area contributed by atoms with Gasteiger partial charge in [-0.2, -0.15) is 5.10 Å². The lowest BCUT2D eigenvalue weighted by atomic mass is 10.1. The third kappa shape index (κ3) is 2.97. The number of benzene rings is 2. The molecule has 0 aliphatic heterocycles. The highest BCUT2D eigenvalue weighted by Crippen LogP contribution is 2.30. The van der Waals surface area contributed by atoms with Gasteiger partial charge in [0.05, 0.1) is 18.1 Å². The van der Waals surface area contributed by atoms with Gasteiger partial charge < -0.3 is 0 Å². The second kappa shape index (κ2) is 6.33. The van der Waals surface area contributed by atoms with E-state index in [-0.39, 0.29) is 0 Å². The van der Waals surface area contributed by atoms with Crippen molar-refractivity contribution in [3.05, 3.63) is 76.9 Å². The first-order valence-corrected chi connectivity index (χ1v) is 7.61. The minimum atomic E-state index is 0.345. The summed E-state index contributed by atoms with van der Waals surface area (Å²) >= 11 is 12.5. The Bertz CT molecular complexity index is 721. The van der Waals surface area contributed by atoms with Crippen LogP contribution in [0.15, 0.2) is 60.7 Å². The van der Waals surface area contributed by atoms with E-state index in [0.29, 0.717) is 17.6 Å². The predicted octanol–water partition coefficient (Wildman–Crippen LogP) is 4.99. The fourth-order valence-electron chi connectivity index (χ4n) is 2.29. The Morgan fingerprint density at radius 3 is 2.14 bits per heavy atom. The van der Waals surface area contributed by atoms with Crippen LogP contribution in [0.25, 0.3) is 11.3 Å². The predicted molar refractivity (Wildman–Crippen MR) is 87.8 cm³/mol. The highest BCUT2D eigenvalue weighted by atomic mass is 35.5. The lowest BCUT2D eigenvalue weighted by Gasteiger charge is -2.03. The Hall–Kier alpha value is -1.77. The van der Waals surface area contributed by atoms with Gasteiger partial charge in [0, 0.05) is 11.1 Å². The molecule has 106 valence electrons. The third-order valence-electron chi connectivity index (χ3n) is 3.34. The maximum absolute atomic E-state index is 6.45. The van der Waals surface area contributed by atoms with Crippen molar-refractivity contribution in [3.63, 3.8) is 0 Å². The molecule has 0 radical (unpaired) electrons. The number of nitrogens with zero attached hydrogens (tertiary/aromatic N) is 2. The molecule has 0 fully saturated rings. The molecular formula is C17H14Cl2N2. The summed E-state index contributed by atoms with van der Waals surface area (Å²) in [6.07, 6.45) is 0. The summed E-state index contributed by atoms with van der Waals surface area (Å²) in [5.74, 6) is 0.345. The van der Waals surface area contributed by atoms with Crippen LogP contribution >= 0.6 is 23.2 Å². The zero-order valence-corrected chi connectivity index (χ0v) is 12.8. The normalized spacial score (nSPS) is 10.8. The lowest BCUT2D eigenvalue weighted by Crippen LogP contribution is -2.01. The van der Waals surface area contributed by atoms with Gasteiger partial charge in [-0.05, 0) is 5.56 Å². The van der Waals surface area contributed by atoms with Crippen LogP contribution in [-0.2, 0) is 12.4 Å². The van der Waals surface area contributed by atoms with Crippen molar-refractivity contribution in [2.75, 3.05) is 0 Å². The van der Waals surface area contributed by atoms with E-state index < -0.39 is 0 Å². The van der Waals surface area contributed by atoms with Gasteiger partial charge in [0.25, 0.3) is 0 Å². The molecule has 1 heterocycles. The van der Waals surface area contributed by atoms with Crippen LogP contribution in [0.4, 0.5) is 0 Å². The molecule has 0 saturated carbocycles. The molecule has 0 amide bonds. The standard InChI is InChI=1S/C17H14Cl2N2/c18-11-15-16(14-9-5-2-6-10-14)20-21(17(15)19)12-13-7-3-1-4-8-13/h1-10H,11-12H2. The quantitative estimate of drug-likeness (QED) is 0.620. The first-order chi connectivity index (χ1) is 10.3. The molecule has 0 aliphatic rings. The van der Waals surface area contributed by atoms with Gasteiger partial charge in [-0.3, -0.25) is 0 Å². The van der Waals surface area contributed by atoms with E-state index in [0.717, 1.165) is 22.4 Å². The topological polar surface area (TPSA) is 17.8 Å². The van der Waals surface area contributed by atoms with Crippen molar-refractivity contribution in [1.29, 1.82) is 0 Å². The molecule has 21 heavy (non-hydrogen) atoms. The minimum Gasteiger partial charge on any atom is -0.249 e. The smallest absolute Gasteiger partial charge is 0.132 e. The number of alkyl halides is 1. The Morgan fingerprint density at radius 2 is 1.52 bits per heavy atom. The minimum absolute atomic E-state index is 0.345. The summed E-state index contributed by atoms with van der Waals surface area (Å²) in [5.41, 5.74) is 3.91. The maximum atomic E-state index is 6.45. The summed E-state index contributed by atoms with van der Waals surface area (Å²) < 4.78 is 1.80. The van der Waals surface area contributed by atoms with E-state index in [2.05, 4.69) is 17.2 Å². The van der Waals surface area contributed by atoms with E-state index in [1.165, 1.54) is 0 Å². The van der Waals surface area contributed by atoms with E-state index in [1.54, 1.807) is 4.68 Å². The fraction of sp³-hybridized carbons (Fsp3) is 0.118. The molecule has 0 spiro atoms. The highest BCUT2D eigenvalue weighted by Gasteiger charge is 2.16. The molecule has 0 N–H and O–H groups in total. The molecule has 2 nitrogen and oxygen atoms in total. The molecule has 3 rings (SSSR count). The molecule has 1 aromatic heterocycles. The molecule has 2 aromatic carbocycles. The van der Waals surface area contributed by atoms with Crippen molar-refractivity contribution in [2.45, 2.75) is 12.4 Å². The Kier molecular flexibility index (Phi) is 4.28. The van der Waals surface area contributed by atoms with E-state index in [1.807, 2.05) is 48.5 Å². The number of rotatable bonds is 4. The SMILES string of the molecule is ClCc1c(-c2ccccc2)nn(Cc2ccccc2)c1Cl. The molecule has 4 heteroatoms. The van der Waals surface area contributed by atoms with Gasteiger partial charge in [0.2, 0.25) is 0 Å². The first kappa shape index (κ1) is 14.2. The number of hydrogen-bond donors (Lipinski definition) is 0. The van der Waals surface area contributed by atoms with Crippen LogP contribution in [0.3, 0.4) is 0 Å². The monoisotopic (exact) mass is 316 g/mol. The largest absolute Gasteiger partial charge is 0.249 e. The summed E-state index contributed by atoms with van der Waals surface area (Å²) in [5, 5.41) is 5.25. The molecule has 0 bridgehead atoms. The zero-order chi connectivity index (χ0) is 14.7. The van der Waals surface area contributed by atoms with Crippen LogP contribution in [0.5, 0.6) is 0 Å². The van der Waals surface area contributed by atoms with Gasteiger partial charge in [-0.25, -0.2) is 4.68 Å². The molecule has 0 atom stereocenters. The summed E-state index contributed by atoms with van der Waals surface area (Å²) in [7, 11) is 0. The van der Waals surface area contributed by atoms with Crippen LogP contribution in [-0.4, -0.2) is 9.78 Å². The zero-order valence-electron chi connectivity index (χ0n) is 11.3. The molecule has 0 saturated heterocycles. The number of halogens is 2. The fourth-order valence-corrected chi connectivity index (χ4v) is 2.86. The van der Waals surface area contributed by atoms with Crippen LogP contribution in [0.2, 0.25) is 5.15 Å². The molecule has 0 unspecified atom stereocenters. The Morgan fingerprint density at radius 1 is 0.905 bits per heavy atom. The van der Waals surface area contributed by atoms with Crippen molar-refractivity contribution in [1.82, 2.24) is 9.78 Å². The van der Waals surface area contributed by atoms with Crippen molar-refractivity contribution >= 4 is 23.2 Å². The highest BCUT2D eigenvalue weighted by molar-refractivity contribution is 6.31. The van der Waals surface area contributed by atoms with E-state index in [9.17, 15) is 0 Å². The lowest BCUT2D eigenvalue weighted by molar-refractivity contribution is 0.690. The van der Waals surface area contributed by atoms with Gasteiger partial charge >= 0.3 is 0 Å². The van der Waals surface area contributed by atoms with Crippen molar-refractivity contribution < 1.29 is 0 Å². The Balaban J connectivity index is 2.02. The average molecular weight is 317 g/mol. The summed E-state index contributed by atoms with van der Waals surface area (Å²) in [4.78, 5) is 0. The number of hydrogen-bond acceptors (Lipinski definition) is 1. The van der Waals surface area contributed by atoms with Crippen molar-refractivity contribution in [3.8, 4) is 11.3 Å². The molecule has 3 aromatic rings. The molecular weight excluding hydrogens is 303 g/mol. The van der Waals surface area contributed by atoms with Gasteiger partial charge in [0.1, 0.15) is 5.15 Å². The van der Waals surface area contributed by atoms with Gasteiger partial charge in [-0.1, -0.05) is 72.3 Å². The van der Waals surface area contributed by atoms with Gasteiger partial charge in [-0.15, -0.1) is 11.6 Å². The van der Waals surface area contributed by atoms with E-state index in [4.69, 9.17) is 23.2 Å². The second-order valence-corrected chi connectivity index (χ2v) is 5.39. The Labute approximate surface area is 133 Å². The van der Waals surface area contributed by atoms with Crippen LogP contribution in [0.1, 0.15) is 11.1 Å². The molecule has 0 aliphatic carbocycles. The van der Waals surface area contributed by atoms with Crippen LogP contribution < -0.4 is 0 Å². The third-order valence-corrected chi connectivity index (χ3v) is 4.03. The summed E-state index contributed by atoms with van der Waals surface area (Å²) in [6, 6.07) is 20.1. The number of aromatic nitrogens is 2. The maximum Gasteiger partial charge on any atom is 0.132 e.